The fourth-order valence-electron chi connectivity index (χ4n) is 1.20. The van der Waals surface area contributed by atoms with Crippen molar-refractivity contribution < 1.29 is 9.84 Å². The van der Waals surface area contributed by atoms with Gasteiger partial charge in [0.2, 0.25) is 0 Å². The van der Waals surface area contributed by atoms with Crippen molar-refractivity contribution in [1.82, 2.24) is 4.98 Å². The largest absolute Gasteiger partial charge is 0.495 e. The molecule has 3 nitrogen and oxygen atoms in total. The van der Waals surface area contributed by atoms with Crippen LogP contribution in [-0.4, -0.2) is 22.8 Å². The summed E-state index contributed by atoms with van der Waals surface area (Å²) in [7, 11) is 1.60. The van der Waals surface area contributed by atoms with Gasteiger partial charge in [-0.3, -0.25) is 4.98 Å². The lowest BCUT2D eigenvalue weighted by Gasteiger charge is -2.18. The van der Waals surface area contributed by atoms with Crippen molar-refractivity contribution in [2.45, 2.75) is 25.9 Å². The molecule has 0 unspecified atom stereocenters. The van der Waals surface area contributed by atoms with E-state index in [2.05, 4.69) is 4.98 Å². The average molecular weight is 181 g/mol. The lowest BCUT2D eigenvalue weighted by molar-refractivity contribution is 0.0802. The summed E-state index contributed by atoms with van der Waals surface area (Å²) in [6.45, 7) is 3.54. The van der Waals surface area contributed by atoms with Crippen molar-refractivity contribution in [2.75, 3.05) is 7.11 Å². The summed E-state index contributed by atoms with van der Waals surface area (Å²) < 4.78 is 5.12. The summed E-state index contributed by atoms with van der Waals surface area (Å²) in [5.74, 6) is 0.727. The van der Waals surface area contributed by atoms with E-state index in [-0.39, 0.29) is 0 Å². The van der Waals surface area contributed by atoms with E-state index in [1.54, 1.807) is 33.4 Å². The lowest BCUT2D eigenvalue weighted by atomic mass is 9.99. The van der Waals surface area contributed by atoms with Crippen molar-refractivity contribution >= 4 is 0 Å². The molecule has 0 spiro atoms. The third kappa shape index (κ3) is 3.03. The number of methoxy groups -OCH3 is 1. The zero-order valence-corrected chi connectivity index (χ0v) is 8.24. The van der Waals surface area contributed by atoms with Crippen LogP contribution in [0.1, 0.15) is 19.4 Å². The normalized spacial score (nSPS) is 11.4. The molecule has 1 aromatic heterocycles. The summed E-state index contributed by atoms with van der Waals surface area (Å²) in [4.78, 5) is 3.94. The van der Waals surface area contributed by atoms with Gasteiger partial charge < -0.3 is 9.84 Å². The van der Waals surface area contributed by atoms with Crippen LogP contribution in [0, 0.1) is 0 Å². The molecular weight excluding hydrogens is 166 g/mol. The Morgan fingerprint density at radius 1 is 1.54 bits per heavy atom. The van der Waals surface area contributed by atoms with Gasteiger partial charge in [-0.2, -0.15) is 0 Å². The molecular formula is C10H15NO2. The number of aromatic nitrogens is 1. The second-order valence-corrected chi connectivity index (χ2v) is 3.68. The summed E-state index contributed by atoms with van der Waals surface area (Å²) in [5.41, 5.74) is 0.263. The number of rotatable bonds is 3. The second kappa shape index (κ2) is 3.75. The molecule has 0 aliphatic carbocycles. The Hall–Kier alpha value is -1.09. The third-order valence-corrected chi connectivity index (χ3v) is 1.71. The van der Waals surface area contributed by atoms with Gasteiger partial charge in [0, 0.05) is 18.2 Å². The fraction of sp³-hybridized carbons (Fsp3) is 0.500. The van der Waals surface area contributed by atoms with E-state index >= 15 is 0 Å². The molecule has 13 heavy (non-hydrogen) atoms. The number of aliphatic hydroxyl groups is 1. The van der Waals surface area contributed by atoms with E-state index < -0.39 is 5.60 Å². The van der Waals surface area contributed by atoms with Gasteiger partial charge in [-0.15, -0.1) is 0 Å². The Balaban J connectivity index is 2.87. The molecule has 1 N–H and O–H groups in total. The molecule has 3 heteroatoms. The minimum Gasteiger partial charge on any atom is -0.495 e. The molecule has 0 saturated heterocycles. The van der Waals surface area contributed by atoms with Crippen molar-refractivity contribution in [1.29, 1.82) is 0 Å². The highest BCUT2D eigenvalue weighted by Crippen LogP contribution is 2.21. The molecule has 0 amide bonds. The van der Waals surface area contributed by atoms with E-state index in [9.17, 15) is 5.11 Å². The predicted molar refractivity (Wildman–Crippen MR) is 50.8 cm³/mol. The predicted octanol–water partition coefficient (Wildman–Crippen LogP) is 1.40. The van der Waals surface area contributed by atoms with E-state index in [0.29, 0.717) is 6.42 Å². The maximum absolute atomic E-state index is 9.62. The third-order valence-electron chi connectivity index (χ3n) is 1.71. The summed E-state index contributed by atoms with van der Waals surface area (Å²) in [5, 5.41) is 9.62. The van der Waals surface area contributed by atoms with Gasteiger partial charge in [-0.1, -0.05) is 0 Å². The van der Waals surface area contributed by atoms with Crippen molar-refractivity contribution in [3.05, 3.63) is 24.0 Å². The van der Waals surface area contributed by atoms with E-state index in [1.165, 1.54) is 0 Å². The highest BCUT2D eigenvalue weighted by Gasteiger charge is 2.15. The van der Waals surface area contributed by atoms with Gasteiger partial charge in [0.25, 0.3) is 0 Å². The Morgan fingerprint density at radius 2 is 2.23 bits per heavy atom. The maximum atomic E-state index is 9.62. The molecule has 0 aliphatic rings. The number of hydrogen-bond donors (Lipinski definition) is 1. The molecule has 0 fully saturated rings. The molecule has 0 atom stereocenters. The number of hydrogen-bond acceptors (Lipinski definition) is 3. The average Bonchev–Trinajstić information content (AvgIpc) is 2.02. The molecule has 0 saturated carbocycles. The highest BCUT2D eigenvalue weighted by atomic mass is 16.5. The molecule has 0 radical (unpaired) electrons. The van der Waals surface area contributed by atoms with Gasteiger partial charge in [-0.25, -0.2) is 0 Å². The zero-order chi connectivity index (χ0) is 9.90. The van der Waals surface area contributed by atoms with Gasteiger partial charge in [-0.05, 0) is 19.9 Å². The molecule has 72 valence electrons. The topological polar surface area (TPSA) is 42.4 Å². The maximum Gasteiger partial charge on any atom is 0.140 e. The summed E-state index contributed by atoms with van der Waals surface area (Å²) in [6, 6.07) is 1.86. The van der Waals surface area contributed by atoms with E-state index in [0.717, 1.165) is 11.3 Å². The van der Waals surface area contributed by atoms with Crippen LogP contribution in [0.25, 0.3) is 0 Å². The quantitative estimate of drug-likeness (QED) is 0.766. The Labute approximate surface area is 78.4 Å². The summed E-state index contributed by atoms with van der Waals surface area (Å²) in [6.07, 6.45) is 3.92. The first-order chi connectivity index (χ1) is 6.03. The monoisotopic (exact) mass is 181 g/mol. The molecule has 0 bridgehead atoms. The SMILES string of the molecule is COc1cnccc1CC(C)(C)O. The number of pyridine rings is 1. The van der Waals surface area contributed by atoms with E-state index in [4.69, 9.17) is 4.74 Å². The van der Waals surface area contributed by atoms with Crippen LogP contribution in [0.15, 0.2) is 18.5 Å². The van der Waals surface area contributed by atoms with Gasteiger partial charge >= 0.3 is 0 Å². The minimum absolute atomic E-state index is 0.568. The smallest absolute Gasteiger partial charge is 0.140 e. The van der Waals surface area contributed by atoms with Crippen molar-refractivity contribution in [3.8, 4) is 5.75 Å². The molecule has 0 aliphatic heterocycles. The second-order valence-electron chi connectivity index (χ2n) is 3.68. The zero-order valence-electron chi connectivity index (χ0n) is 8.24. The van der Waals surface area contributed by atoms with Crippen LogP contribution < -0.4 is 4.74 Å². The van der Waals surface area contributed by atoms with Crippen LogP contribution >= 0.6 is 0 Å². The molecule has 1 rings (SSSR count). The van der Waals surface area contributed by atoms with Gasteiger partial charge in [0.05, 0.1) is 18.9 Å². The molecule has 1 heterocycles. The van der Waals surface area contributed by atoms with Crippen molar-refractivity contribution in [2.24, 2.45) is 0 Å². The lowest BCUT2D eigenvalue weighted by Crippen LogP contribution is -2.22. The van der Waals surface area contributed by atoms with Crippen LogP contribution in [0.3, 0.4) is 0 Å². The summed E-state index contributed by atoms with van der Waals surface area (Å²) >= 11 is 0. The minimum atomic E-state index is -0.714. The van der Waals surface area contributed by atoms with E-state index in [1.807, 2.05) is 6.07 Å². The van der Waals surface area contributed by atoms with Crippen molar-refractivity contribution in [3.63, 3.8) is 0 Å². The first kappa shape index (κ1) is 9.99. The first-order valence-electron chi connectivity index (χ1n) is 4.22. The number of ether oxygens (including phenoxy) is 1. The van der Waals surface area contributed by atoms with Crippen LogP contribution in [0.4, 0.5) is 0 Å². The van der Waals surface area contributed by atoms with Gasteiger partial charge in [0.15, 0.2) is 0 Å². The highest BCUT2D eigenvalue weighted by molar-refractivity contribution is 5.30. The molecule has 0 aromatic carbocycles. The van der Waals surface area contributed by atoms with Crippen LogP contribution in [0.2, 0.25) is 0 Å². The Morgan fingerprint density at radius 3 is 2.77 bits per heavy atom. The number of nitrogens with zero attached hydrogens (tertiary/aromatic N) is 1. The van der Waals surface area contributed by atoms with Crippen LogP contribution in [-0.2, 0) is 6.42 Å². The van der Waals surface area contributed by atoms with Crippen LogP contribution in [0.5, 0.6) is 5.75 Å². The Bertz CT molecular complexity index is 278. The fourth-order valence-corrected chi connectivity index (χ4v) is 1.20. The molecule has 1 aromatic rings. The van der Waals surface area contributed by atoms with Gasteiger partial charge in [0.1, 0.15) is 5.75 Å². The first-order valence-corrected chi connectivity index (χ1v) is 4.22. The Kier molecular flexibility index (Phi) is 2.88. The standard InChI is InChI=1S/C10H15NO2/c1-10(2,12)6-8-4-5-11-7-9(8)13-3/h4-5,7,12H,6H2,1-3H3.